The van der Waals surface area contributed by atoms with Gasteiger partial charge in [0.15, 0.2) is 0 Å². The summed E-state index contributed by atoms with van der Waals surface area (Å²) in [6, 6.07) is 8.82. The Labute approximate surface area is 132 Å². The molecule has 0 radical (unpaired) electrons. The van der Waals surface area contributed by atoms with Crippen LogP contribution in [0.2, 0.25) is 5.15 Å². The Morgan fingerprint density at radius 1 is 1.18 bits per heavy atom. The summed E-state index contributed by atoms with van der Waals surface area (Å²) < 4.78 is 18.3. The van der Waals surface area contributed by atoms with E-state index < -0.39 is 0 Å². The average molecular weight is 321 g/mol. The fourth-order valence-electron chi connectivity index (χ4n) is 2.35. The van der Waals surface area contributed by atoms with E-state index in [1.165, 1.54) is 24.3 Å². The summed E-state index contributed by atoms with van der Waals surface area (Å²) in [6.07, 6.45) is 0. The van der Waals surface area contributed by atoms with E-state index in [0.29, 0.717) is 18.8 Å². The first-order chi connectivity index (χ1) is 10.6. The highest BCUT2D eigenvalue weighted by Gasteiger charge is 2.17. The largest absolute Gasteiger partial charge is 0.378 e. The number of ether oxygens (including phenoxy) is 1. The van der Waals surface area contributed by atoms with Crippen LogP contribution in [0.5, 0.6) is 0 Å². The van der Waals surface area contributed by atoms with E-state index in [9.17, 15) is 9.18 Å². The number of anilines is 1. The van der Waals surface area contributed by atoms with Gasteiger partial charge in [-0.1, -0.05) is 11.6 Å². The molecule has 1 aliphatic heterocycles. The topological polar surface area (TPSA) is 42.4 Å². The van der Waals surface area contributed by atoms with Crippen molar-refractivity contribution >= 4 is 23.1 Å². The Morgan fingerprint density at radius 2 is 1.86 bits per heavy atom. The highest BCUT2D eigenvalue weighted by atomic mass is 35.5. The molecular weight excluding hydrogens is 307 g/mol. The van der Waals surface area contributed by atoms with Gasteiger partial charge < -0.3 is 9.64 Å². The van der Waals surface area contributed by atoms with Crippen LogP contribution in [0.25, 0.3) is 0 Å². The Hall–Kier alpha value is -1.98. The molecule has 0 atom stereocenters. The molecule has 3 rings (SSSR count). The first-order valence-electron chi connectivity index (χ1n) is 6.94. The molecule has 6 heteroatoms. The molecule has 1 aliphatic rings. The van der Waals surface area contributed by atoms with Gasteiger partial charge in [-0.15, -0.1) is 0 Å². The van der Waals surface area contributed by atoms with Crippen molar-refractivity contribution in [3.8, 4) is 0 Å². The van der Waals surface area contributed by atoms with Gasteiger partial charge in [-0.2, -0.15) is 0 Å². The quantitative estimate of drug-likeness (QED) is 0.644. The number of rotatable bonds is 3. The average Bonchev–Trinajstić information content (AvgIpc) is 2.55. The zero-order valence-corrected chi connectivity index (χ0v) is 12.5. The molecule has 0 unspecified atom stereocenters. The third-order valence-electron chi connectivity index (χ3n) is 3.49. The predicted molar refractivity (Wildman–Crippen MR) is 82.1 cm³/mol. The lowest BCUT2D eigenvalue weighted by atomic mass is 10.1. The van der Waals surface area contributed by atoms with E-state index in [4.69, 9.17) is 16.3 Å². The summed E-state index contributed by atoms with van der Waals surface area (Å²) in [4.78, 5) is 18.6. The summed E-state index contributed by atoms with van der Waals surface area (Å²) in [5, 5.41) is 0.259. The SMILES string of the molecule is O=C(c1ccc(F)cc1)c1cc(N2CCOCC2)cc(Cl)n1. The van der Waals surface area contributed by atoms with Crippen LogP contribution in [0.15, 0.2) is 36.4 Å². The number of carbonyl (C=O) groups is 1. The van der Waals surface area contributed by atoms with Crippen molar-refractivity contribution in [3.63, 3.8) is 0 Å². The molecule has 0 aliphatic carbocycles. The van der Waals surface area contributed by atoms with Gasteiger partial charge >= 0.3 is 0 Å². The summed E-state index contributed by atoms with van der Waals surface area (Å²) >= 11 is 6.04. The predicted octanol–water partition coefficient (Wildman–Crippen LogP) is 2.94. The van der Waals surface area contributed by atoms with E-state index >= 15 is 0 Å². The Balaban J connectivity index is 1.91. The van der Waals surface area contributed by atoms with Crippen molar-refractivity contribution in [2.24, 2.45) is 0 Å². The minimum atomic E-state index is -0.385. The molecular formula is C16H14ClFN2O2. The number of carbonyl (C=O) groups excluding carboxylic acids is 1. The molecule has 0 spiro atoms. The Kier molecular flexibility index (Phi) is 4.36. The molecule has 2 aromatic rings. The number of ketones is 1. The zero-order chi connectivity index (χ0) is 15.5. The lowest BCUT2D eigenvalue weighted by Gasteiger charge is -2.29. The number of hydrogen-bond acceptors (Lipinski definition) is 4. The molecule has 0 bridgehead atoms. The van der Waals surface area contributed by atoms with Crippen LogP contribution >= 0.6 is 11.6 Å². The lowest BCUT2D eigenvalue weighted by Crippen LogP contribution is -2.36. The van der Waals surface area contributed by atoms with Gasteiger partial charge in [-0.3, -0.25) is 4.79 Å². The van der Waals surface area contributed by atoms with Crippen molar-refractivity contribution < 1.29 is 13.9 Å². The third kappa shape index (κ3) is 3.26. The standard InChI is InChI=1S/C16H14ClFN2O2/c17-15-10-13(20-5-7-22-8-6-20)9-14(19-15)16(21)11-1-3-12(18)4-2-11/h1-4,9-10H,5-8H2. The molecule has 0 N–H and O–H groups in total. The summed E-state index contributed by atoms with van der Waals surface area (Å²) in [5.74, 6) is -0.665. The van der Waals surface area contributed by atoms with Crippen LogP contribution in [-0.2, 0) is 4.74 Å². The van der Waals surface area contributed by atoms with Crippen molar-refractivity contribution in [3.05, 3.63) is 58.6 Å². The number of benzene rings is 1. The van der Waals surface area contributed by atoms with E-state index in [0.717, 1.165) is 18.8 Å². The maximum absolute atomic E-state index is 13.0. The normalized spacial score (nSPS) is 14.9. The number of hydrogen-bond donors (Lipinski definition) is 0. The zero-order valence-electron chi connectivity index (χ0n) is 11.8. The molecule has 1 aromatic carbocycles. The van der Waals surface area contributed by atoms with Gasteiger partial charge in [0.1, 0.15) is 16.7 Å². The van der Waals surface area contributed by atoms with Crippen LogP contribution in [-0.4, -0.2) is 37.1 Å². The Bertz CT molecular complexity index is 685. The van der Waals surface area contributed by atoms with Crippen molar-refractivity contribution in [2.45, 2.75) is 0 Å². The van der Waals surface area contributed by atoms with Gasteiger partial charge in [0.25, 0.3) is 0 Å². The lowest BCUT2D eigenvalue weighted by molar-refractivity contribution is 0.103. The van der Waals surface area contributed by atoms with Crippen LogP contribution < -0.4 is 4.90 Å². The first kappa shape index (κ1) is 14.9. The van der Waals surface area contributed by atoms with Gasteiger partial charge in [-0.25, -0.2) is 9.37 Å². The monoisotopic (exact) mass is 320 g/mol. The molecule has 114 valence electrons. The van der Waals surface area contributed by atoms with Gasteiger partial charge in [0.2, 0.25) is 5.78 Å². The van der Waals surface area contributed by atoms with E-state index in [2.05, 4.69) is 9.88 Å². The van der Waals surface area contributed by atoms with Gasteiger partial charge in [-0.05, 0) is 36.4 Å². The van der Waals surface area contributed by atoms with Crippen molar-refractivity contribution in [2.75, 3.05) is 31.2 Å². The van der Waals surface area contributed by atoms with Crippen LogP contribution in [0.3, 0.4) is 0 Å². The van der Waals surface area contributed by atoms with Crippen molar-refractivity contribution in [1.29, 1.82) is 0 Å². The van der Waals surface area contributed by atoms with E-state index in [1.807, 2.05) is 0 Å². The van der Waals surface area contributed by atoms with Crippen LogP contribution in [0.4, 0.5) is 10.1 Å². The second kappa shape index (κ2) is 6.42. The Morgan fingerprint density at radius 3 is 2.55 bits per heavy atom. The molecule has 0 amide bonds. The molecule has 1 saturated heterocycles. The first-order valence-corrected chi connectivity index (χ1v) is 7.32. The maximum Gasteiger partial charge on any atom is 0.211 e. The second-order valence-corrected chi connectivity index (χ2v) is 5.36. The number of halogens is 2. The molecule has 22 heavy (non-hydrogen) atoms. The molecule has 2 heterocycles. The fraction of sp³-hybridized carbons (Fsp3) is 0.250. The van der Waals surface area contributed by atoms with E-state index in [1.54, 1.807) is 12.1 Å². The van der Waals surface area contributed by atoms with Crippen molar-refractivity contribution in [1.82, 2.24) is 4.98 Å². The number of pyridine rings is 1. The molecule has 0 saturated carbocycles. The third-order valence-corrected chi connectivity index (χ3v) is 3.69. The van der Waals surface area contributed by atoms with E-state index in [-0.39, 0.29) is 22.4 Å². The smallest absolute Gasteiger partial charge is 0.211 e. The molecule has 1 fully saturated rings. The highest BCUT2D eigenvalue weighted by Crippen LogP contribution is 2.22. The second-order valence-electron chi connectivity index (χ2n) is 4.97. The van der Waals surface area contributed by atoms with Gasteiger partial charge in [0, 0.05) is 24.3 Å². The molecule has 1 aromatic heterocycles. The maximum atomic E-state index is 13.0. The van der Waals surface area contributed by atoms with Crippen LogP contribution in [0, 0.1) is 5.82 Å². The minimum absolute atomic E-state index is 0.251. The summed E-state index contributed by atoms with van der Waals surface area (Å²) in [7, 11) is 0. The highest BCUT2D eigenvalue weighted by molar-refractivity contribution is 6.30. The fourth-order valence-corrected chi connectivity index (χ4v) is 2.56. The number of morpholine rings is 1. The number of aromatic nitrogens is 1. The summed E-state index contributed by atoms with van der Waals surface area (Å²) in [6.45, 7) is 2.76. The minimum Gasteiger partial charge on any atom is -0.378 e. The van der Waals surface area contributed by atoms with Crippen LogP contribution in [0.1, 0.15) is 16.1 Å². The summed E-state index contributed by atoms with van der Waals surface area (Å²) in [5.41, 5.74) is 1.47. The molecule has 4 nitrogen and oxygen atoms in total. The van der Waals surface area contributed by atoms with Gasteiger partial charge in [0.05, 0.1) is 13.2 Å². The number of nitrogens with zero attached hydrogens (tertiary/aromatic N) is 2.